The number of unbranched alkanes of at least 4 members (excludes halogenated alkanes) is 1. The predicted octanol–water partition coefficient (Wildman–Crippen LogP) is 2.44. The molecule has 0 aromatic carbocycles. The van der Waals surface area contributed by atoms with E-state index in [1.807, 2.05) is 6.08 Å². The van der Waals surface area contributed by atoms with Crippen molar-refractivity contribution in [1.82, 2.24) is 0 Å². The van der Waals surface area contributed by atoms with Crippen molar-refractivity contribution in [1.29, 1.82) is 0 Å². The molecule has 0 nitrogen and oxygen atoms in total. The fraction of sp³-hybridized carbons (Fsp3) is 0.429. The van der Waals surface area contributed by atoms with Gasteiger partial charge < -0.3 is 0 Å². The van der Waals surface area contributed by atoms with E-state index in [0.29, 0.717) is 0 Å². The Morgan fingerprint density at radius 2 is 2.25 bits per heavy atom. The topological polar surface area (TPSA) is 0 Å². The Bertz CT molecular complexity index is 74.5. The van der Waals surface area contributed by atoms with Gasteiger partial charge in [0.15, 0.2) is 0 Å². The molecule has 0 unspecified atom stereocenters. The van der Waals surface area contributed by atoms with Gasteiger partial charge in [-0.3, -0.25) is 0 Å². The first-order valence-corrected chi connectivity index (χ1v) is 3.43. The molecule has 0 aromatic rings. The first-order chi connectivity index (χ1) is 3.91. The number of hydrogen-bond donors (Lipinski definition) is 1. The minimum absolute atomic E-state index is 0.974. The summed E-state index contributed by atoms with van der Waals surface area (Å²) in [7, 11) is 0. The number of thiol groups is 1. The maximum atomic E-state index is 4.06. The zero-order chi connectivity index (χ0) is 6.24. The monoisotopic (exact) mass is 128 g/mol. The van der Waals surface area contributed by atoms with Crippen LogP contribution in [0, 0.1) is 0 Å². The van der Waals surface area contributed by atoms with Gasteiger partial charge in [-0.15, -0.1) is 0 Å². The molecule has 0 aliphatic heterocycles. The molecule has 0 saturated heterocycles. The first kappa shape index (κ1) is 7.83. The average molecular weight is 128 g/mol. The molecule has 0 amide bonds. The standard InChI is InChI=1S/C7H12S/c1-2-3-4-5-6-7-8/h2-4,8H,1,5-7H2/b4-3+. The minimum Gasteiger partial charge on any atom is -0.179 e. The van der Waals surface area contributed by atoms with Crippen molar-refractivity contribution in [3.63, 3.8) is 0 Å². The second kappa shape index (κ2) is 6.83. The molecular weight excluding hydrogens is 116 g/mol. The van der Waals surface area contributed by atoms with Crippen LogP contribution in [0.2, 0.25) is 0 Å². The molecule has 0 atom stereocenters. The van der Waals surface area contributed by atoms with Gasteiger partial charge in [0.05, 0.1) is 0 Å². The summed E-state index contributed by atoms with van der Waals surface area (Å²) in [5, 5.41) is 0. The van der Waals surface area contributed by atoms with Crippen LogP contribution in [0.3, 0.4) is 0 Å². The van der Waals surface area contributed by atoms with Crippen molar-refractivity contribution in [3.05, 3.63) is 24.8 Å². The normalized spacial score (nSPS) is 10.1. The molecule has 0 radical (unpaired) electrons. The van der Waals surface area contributed by atoms with Crippen LogP contribution in [-0.4, -0.2) is 5.75 Å². The summed E-state index contributed by atoms with van der Waals surface area (Å²) in [6, 6.07) is 0. The van der Waals surface area contributed by atoms with Crippen LogP contribution in [0.4, 0.5) is 0 Å². The lowest BCUT2D eigenvalue weighted by atomic mass is 10.3. The third-order valence-corrected chi connectivity index (χ3v) is 1.12. The van der Waals surface area contributed by atoms with Crippen molar-refractivity contribution in [2.45, 2.75) is 12.8 Å². The highest BCUT2D eigenvalue weighted by atomic mass is 32.1. The number of hydrogen-bond acceptors (Lipinski definition) is 1. The lowest BCUT2D eigenvalue weighted by molar-refractivity contribution is 0.975. The van der Waals surface area contributed by atoms with E-state index in [-0.39, 0.29) is 0 Å². The summed E-state index contributed by atoms with van der Waals surface area (Å²) in [4.78, 5) is 0. The van der Waals surface area contributed by atoms with Gasteiger partial charge in [-0.25, -0.2) is 0 Å². The Morgan fingerprint density at radius 1 is 1.50 bits per heavy atom. The molecule has 0 aromatic heterocycles. The molecule has 0 aliphatic carbocycles. The quantitative estimate of drug-likeness (QED) is 0.335. The second-order valence-corrected chi connectivity index (χ2v) is 1.98. The molecular formula is C7H12S. The van der Waals surface area contributed by atoms with Crippen molar-refractivity contribution in [3.8, 4) is 0 Å². The minimum atomic E-state index is 0.974. The zero-order valence-corrected chi connectivity index (χ0v) is 5.90. The molecule has 46 valence electrons. The highest BCUT2D eigenvalue weighted by molar-refractivity contribution is 7.80. The lowest BCUT2D eigenvalue weighted by Crippen LogP contribution is -1.69. The summed E-state index contributed by atoms with van der Waals surface area (Å²) in [5.41, 5.74) is 0. The van der Waals surface area contributed by atoms with Crippen LogP contribution in [0.15, 0.2) is 24.8 Å². The summed E-state index contributed by atoms with van der Waals surface area (Å²) in [6.07, 6.45) is 8.13. The largest absolute Gasteiger partial charge is 0.179 e. The Morgan fingerprint density at radius 3 is 2.75 bits per heavy atom. The summed E-state index contributed by atoms with van der Waals surface area (Å²) >= 11 is 4.06. The molecule has 0 bridgehead atoms. The van der Waals surface area contributed by atoms with Gasteiger partial charge in [-0.05, 0) is 18.6 Å². The highest BCUT2D eigenvalue weighted by Crippen LogP contribution is 1.91. The Hall–Kier alpha value is -0.170. The van der Waals surface area contributed by atoms with E-state index in [4.69, 9.17) is 0 Å². The third-order valence-electron chi connectivity index (χ3n) is 0.801. The summed E-state index contributed by atoms with van der Waals surface area (Å²) in [5.74, 6) is 0.974. The van der Waals surface area contributed by atoms with Crippen molar-refractivity contribution < 1.29 is 0 Å². The third kappa shape index (κ3) is 5.83. The van der Waals surface area contributed by atoms with Crippen molar-refractivity contribution >= 4 is 12.6 Å². The van der Waals surface area contributed by atoms with Crippen molar-refractivity contribution in [2.75, 3.05) is 5.75 Å². The number of rotatable bonds is 4. The van der Waals surface area contributed by atoms with Crippen LogP contribution in [0.5, 0.6) is 0 Å². The zero-order valence-electron chi connectivity index (χ0n) is 5.01. The Labute approximate surface area is 56.7 Å². The molecule has 0 spiro atoms. The van der Waals surface area contributed by atoms with Gasteiger partial charge in [0, 0.05) is 0 Å². The van der Waals surface area contributed by atoms with E-state index in [1.54, 1.807) is 6.08 Å². The SMILES string of the molecule is C=C/C=C/CCCS. The number of allylic oxidation sites excluding steroid dienone is 3. The average Bonchev–Trinajstić information content (AvgIpc) is 1.81. The Kier molecular flexibility index (Phi) is 6.68. The Balaban J connectivity index is 2.91. The maximum Gasteiger partial charge on any atom is -0.00950 e. The van der Waals surface area contributed by atoms with Crippen LogP contribution < -0.4 is 0 Å². The van der Waals surface area contributed by atoms with Gasteiger partial charge in [0.2, 0.25) is 0 Å². The van der Waals surface area contributed by atoms with Gasteiger partial charge >= 0.3 is 0 Å². The van der Waals surface area contributed by atoms with E-state index in [2.05, 4.69) is 25.3 Å². The fourth-order valence-corrected chi connectivity index (χ4v) is 0.584. The van der Waals surface area contributed by atoms with Crippen LogP contribution in [0.1, 0.15) is 12.8 Å². The van der Waals surface area contributed by atoms with Crippen LogP contribution >= 0.6 is 12.6 Å². The second-order valence-electron chi connectivity index (χ2n) is 1.53. The summed E-state index contributed by atoms with van der Waals surface area (Å²) in [6.45, 7) is 3.55. The molecule has 0 saturated carbocycles. The molecule has 8 heavy (non-hydrogen) atoms. The molecule has 0 rings (SSSR count). The molecule has 0 aliphatic rings. The predicted molar refractivity (Wildman–Crippen MR) is 42.4 cm³/mol. The van der Waals surface area contributed by atoms with Crippen molar-refractivity contribution in [2.24, 2.45) is 0 Å². The van der Waals surface area contributed by atoms with Gasteiger partial charge in [0.25, 0.3) is 0 Å². The smallest absolute Gasteiger partial charge is 0.00950 e. The van der Waals surface area contributed by atoms with E-state index in [1.165, 1.54) is 0 Å². The molecule has 1 heteroatoms. The highest BCUT2D eigenvalue weighted by Gasteiger charge is 1.74. The van der Waals surface area contributed by atoms with Crippen LogP contribution in [-0.2, 0) is 0 Å². The van der Waals surface area contributed by atoms with E-state index < -0.39 is 0 Å². The van der Waals surface area contributed by atoms with Crippen LogP contribution in [0.25, 0.3) is 0 Å². The lowest BCUT2D eigenvalue weighted by Gasteiger charge is -1.83. The fourth-order valence-electron chi connectivity index (χ4n) is 0.402. The van der Waals surface area contributed by atoms with E-state index in [0.717, 1.165) is 18.6 Å². The van der Waals surface area contributed by atoms with Gasteiger partial charge in [-0.2, -0.15) is 12.6 Å². The maximum absolute atomic E-state index is 4.06. The van der Waals surface area contributed by atoms with Gasteiger partial charge in [0.1, 0.15) is 0 Å². The summed E-state index contributed by atoms with van der Waals surface area (Å²) < 4.78 is 0. The molecule has 0 N–H and O–H groups in total. The van der Waals surface area contributed by atoms with E-state index in [9.17, 15) is 0 Å². The molecule has 0 fully saturated rings. The first-order valence-electron chi connectivity index (χ1n) is 2.80. The molecule has 0 heterocycles. The van der Waals surface area contributed by atoms with E-state index >= 15 is 0 Å². The van der Waals surface area contributed by atoms with Gasteiger partial charge in [-0.1, -0.05) is 24.8 Å².